The fourth-order valence-electron chi connectivity index (χ4n) is 2.33. The Kier molecular flexibility index (Phi) is 14.5. The second kappa shape index (κ2) is 16.2. The number of hydrogen-bond acceptors (Lipinski definition) is 5. The van der Waals surface area contributed by atoms with Crippen molar-refractivity contribution in [3.8, 4) is 0 Å². The summed E-state index contributed by atoms with van der Waals surface area (Å²) in [4.78, 5) is 50.6. The minimum atomic E-state index is -0.793. The number of carboxylic acids is 1. The van der Waals surface area contributed by atoms with Crippen LogP contribution in [-0.2, 0) is 14.4 Å². The summed E-state index contributed by atoms with van der Waals surface area (Å²) in [5.74, 6) is -1.10. The van der Waals surface area contributed by atoms with Crippen molar-refractivity contribution in [1.29, 1.82) is 0 Å². The highest BCUT2D eigenvalue weighted by atomic mass is 16.4. The molecule has 0 saturated heterocycles. The summed E-state index contributed by atoms with van der Waals surface area (Å²) in [6.07, 6.45) is 5.72. The molecule has 0 spiro atoms. The highest BCUT2D eigenvalue weighted by Crippen LogP contribution is 2.05. The Morgan fingerprint density at radius 1 is 0.821 bits per heavy atom. The first-order valence-electron chi connectivity index (χ1n) is 9.33. The number of rotatable bonds is 12. The van der Waals surface area contributed by atoms with Gasteiger partial charge in [-0.25, -0.2) is 0 Å². The molecule has 154 valence electrons. The molecule has 0 aromatic heterocycles. The van der Waals surface area contributed by atoms with E-state index in [4.69, 9.17) is 14.7 Å². The van der Waals surface area contributed by atoms with Gasteiger partial charge in [-0.05, 0) is 43.5 Å². The van der Waals surface area contributed by atoms with E-state index in [-0.39, 0.29) is 24.4 Å². The van der Waals surface area contributed by atoms with Crippen molar-refractivity contribution in [3.05, 3.63) is 35.4 Å². The van der Waals surface area contributed by atoms with E-state index in [1.807, 2.05) is 0 Å². The first-order chi connectivity index (χ1) is 13.5. The molecular formula is C20H28N2O6. The third kappa shape index (κ3) is 12.4. The molecule has 3 N–H and O–H groups in total. The zero-order chi connectivity index (χ0) is 21.2. The maximum absolute atomic E-state index is 12.0. The zero-order valence-corrected chi connectivity index (χ0v) is 16.2. The van der Waals surface area contributed by atoms with Crippen LogP contribution >= 0.6 is 0 Å². The van der Waals surface area contributed by atoms with Crippen molar-refractivity contribution in [2.24, 2.45) is 0 Å². The molecule has 1 aromatic carbocycles. The van der Waals surface area contributed by atoms with Crippen LogP contribution in [-0.4, -0.2) is 42.1 Å². The molecule has 0 aliphatic heterocycles. The first-order valence-corrected chi connectivity index (χ1v) is 9.33. The zero-order valence-electron chi connectivity index (χ0n) is 16.2. The normalized spacial score (nSPS) is 9.46. The number of nitrogens with one attached hydrogen (secondary N) is 2. The van der Waals surface area contributed by atoms with E-state index in [1.165, 1.54) is 0 Å². The van der Waals surface area contributed by atoms with Gasteiger partial charge in [0.15, 0.2) is 0 Å². The Hall–Kier alpha value is -2.99. The maximum atomic E-state index is 12.0. The highest BCUT2D eigenvalue weighted by molar-refractivity contribution is 5.97. The van der Waals surface area contributed by atoms with Gasteiger partial charge in [0.25, 0.3) is 11.8 Å². The third-order valence-electron chi connectivity index (χ3n) is 3.83. The van der Waals surface area contributed by atoms with E-state index >= 15 is 0 Å². The minimum absolute atomic E-state index is 0.124. The fourth-order valence-corrected chi connectivity index (χ4v) is 2.33. The van der Waals surface area contributed by atoms with Crippen LogP contribution in [0.25, 0.3) is 0 Å². The lowest BCUT2D eigenvalue weighted by atomic mass is 10.1. The van der Waals surface area contributed by atoms with Gasteiger partial charge >= 0.3 is 12.1 Å². The van der Waals surface area contributed by atoms with Crippen LogP contribution in [0.15, 0.2) is 24.3 Å². The molecule has 0 fully saturated rings. The van der Waals surface area contributed by atoms with Crippen molar-refractivity contribution in [1.82, 2.24) is 10.6 Å². The lowest BCUT2D eigenvalue weighted by Gasteiger charge is -2.07. The van der Waals surface area contributed by atoms with Gasteiger partial charge in [0, 0.05) is 30.6 Å². The summed E-state index contributed by atoms with van der Waals surface area (Å²) in [5.41, 5.74) is 1.05. The Labute approximate surface area is 164 Å². The van der Waals surface area contributed by atoms with Gasteiger partial charge in [0.1, 0.15) is 0 Å². The average molecular weight is 392 g/mol. The van der Waals surface area contributed by atoms with Crippen molar-refractivity contribution >= 4 is 23.9 Å². The summed E-state index contributed by atoms with van der Waals surface area (Å²) in [5, 5.41) is 14.2. The molecule has 1 aromatic rings. The molecule has 1 rings (SSSR count). The minimum Gasteiger partial charge on any atom is -0.481 e. The summed E-state index contributed by atoms with van der Waals surface area (Å²) < 4.78 is 0. The predicted molar refractivity (Wildman–Crippen MR) is 102 cm³/mol. The Morgan fingerprint density at radius 2 is 1.25 bits per heavy atom. The molecule has 0 atom stereocenters. The van der Waals surface area contributed by atoms with Crippen LogP contribution in [0.4, 0.5) is 0 Å². The summed E-state index contributed by atoms with van der Waals surface area (Å²) >= 11 is 0. The SMILES string of the molecule is CCCCCNC(=O)c1ccc(C(=O)NCCCCCC(=O)O)cc1.O=C=O. The van der Waals surface area contributed by atoms with Crippen LogP contribution in [0.2, 0.25) is 0 Å². The topological polar surface area (TPSA) is 130 Å². The Morgan fingerprint density at radius 3 is 1.64 bits per heavy atom. The van der Waals surface area contributed by atoms with E-state index in [9.17, 15) is 14.4 Å². The molecule has 0 aliphatic rings. The second-order valence-electron chi connectivity index (χ2n) is 6.08. The molecule has 8 nitrogen and oxygen atoms in total. The van der Waals surface area contributed by atoms with Crippen LogP contribution in [0.3, 0.4) is 0 Å². The summed E-state index contributed by atoms with van der Waals surface area (Å²) in [6, 6.07) is 6.58. The Bertz CT molecular complexity index is 637. The molecule has 2 amide bonds. The van der Waals surface area contributed by atoms with Crippen LogP contribution in [0.1, 0.15) is 72.6 Å². The Balaban J connectivity index is 0.00000227. The largest absolute Gasteiger partial charge is 0.481 e. The van der Waals surface area contributed by atoms with E-state index in [1.54, 1.807) is 24.3 Å². The number of carbonyl (C=O) groups is 3. The number of unbranched alkanes of at least 4 members (excludes halogenated alkanes) is 4. The third-order valence-corrected chi connectivity index (χ3v) is 3.83. The smallest absolute Gasteiger partial charge is 0.373 e. The van der Waals surface area contributed by atoms with Gasteiger partial charge in [-0.3, -0.25) is 14.4 Å². The lowest BCUT2D eigenvalue weighted by Crippen LogP contribution is -2.26. The molecule has 8 heteroatoms. The monoisotopic (exact) mass is 392 g/mol. The van der Waals surface area contributed by atoms with Gasteiger partial charge in [-0.2, -0.15) is 9.59 Å². The predicted octanol–water partition coefficient (Wildman–Crippen LogP) is 2.40. The van der Waals surface area contributed by atoms with Crippen LogP contribution in [0.5, 0.6) is 0 Å². The molecule has 0 bridgehead atoms. The second-order valence-corrected chi connectivity index (χ2v) is 6.08. The standard InChI is InChI=1S/C19H28N2O4.CO2/c1-2-3-6-13-20-18(24)15-9-11-16(12-10-15)19(25)21-14-7-4-5-8-17(22)23;2-1-3/h9-12H,2-8,13-14H2,1H3,(H,20,24)(H,21,25)(H,22,23);. The summed E-state index contributed by atoms with van der Waals surface area (Å²) in [6.45, 7) is 3.29. The van der Waals surface area contributed by atoms with Crippen molar-refractivity contribution in [3.63, 3.8) is 0 Å². The van der Waals surface area contributed by atoms with Gasteiger partial charge < -0.3 is 15.7 Å². The van der Waals surface area contributed by atoms with Crippen molar-refractivity contribution in [2.75, 3.05) is 13.1 Å². The quantitative estimate of drug-likeness (QED) is 0.468. The van der Waals surface area contributed by atoms with E-state index in [0.29, 0.717) is 30.6 Å². The molecule has 0 saturated carbocycles. The molecule has 0 radical (unpaired) electrons. The molecule has 0 unspecified atom stereocenters. The molecule has 0 heterocycles. The fraction of sp³-hybridized carbons (Fsp3) is 0.500. The van der Waals surface area contributed by atoms with Crippen LogP contribution < -0.4 is 10.6 Å². The van der Waals surface area contributed by atoms with E-state index in [2.05, 4.69) is 17.6 Å². The van der Waals surface area contributed by atoms with Gasteiger partial charge in [0.05, 0.1) is 0 Å². The number of amides is 2. The summed E-state index contributed by atoms with van der Waals surface area (Å²) in [7, 11) is 0. The van der Waals surface area contributed by atoms with Crippen molar-refractivity contribution < 1.29 is 29.1 Å². The molecule has 0 aliphatic carbocycles. The van der Waals surface area contributed by atoms with E-state index in [0.717, 1.165) is 32.1 Å². The number of carboxylic acid groups (broad SMARTS) is 1. The van der Waals surface area contributed by atoms with Gasteiger partial charge in [-0.15, -0.1) is 0 Å². The van der Waals surface area contributed by atoms with Gasteiger partial charge in [-0.1, -0.05) is 26.2 Å². The molecule has 28 heavy (non-hydrogen) atoms. The molecular weight excluding hydrogens is 364 g/mol. The number of carbonyl (C=O) groups excluding carboxylic acids is 4. The number of aliphatic carboxylic acids is 1. The van der Waals surface area contributed by atoms with E-state index < -0.39 is 5.97 Å². The van der Waals surface area contributed by atoms with Crippen LogP contribution in [0, 0.1) is 0 Å². The van der Waals surface area contributed by atoms with Gasteiger partial charge in [0.2, 0.25) is 0 Å². The lowest BCUT2D eigenvalue weighted by molar-refractivity contribution is -0.191. The maximum Gasteiger partial charge on any atom is 0.373 e. The number of hydrogen-bond donors (Lipinski definition) is 3. The highest BCUT2D eigenvalue weighted by Gasteiger charge is 2.08. The number of benzene rings is 1. The average Bonchev–Trinajstić information content (AvgIpc) is 2.68. The van der Waals surface area contributed by atoms with Crippen molar-refractivity contribution in [2.45, 2.75) is 51.9 Å². The first kappa shape index (κ1) is 25.0.